The van der Waals surface area contributed by atoms with E-state index >= 15 is 0 Å². The molecule has 5 nitrogen and oxygen atoms in total. The molecule has 0 aliphatic heterocycles. The fraction of sp³-hybridized carbons (Fsp3) is 0.304. The second kappa shape index (κ2) is 10.3. The summed E-state index contributed by atoms with van der Waals surface area (Å²) < 4.78 is 11.2. The molecule has 0 heterocycles. The summed E-state index contributed by atoms with van der Waals surface area (Å²) in [5.74, 6) is 0.265. The van der Waals surface area contributed by atoms with Crippen LogP contribution in [0.1, 0.15) is 38.3 Å². The van der Waals surface area contributed by atoms with Crippen molar-refractivity contribution in [1.29, 1.82) is 0 Å². The van der Waals surface area contributed by atoms with Gasteiger partial charge in [0, 0.05) is 17.0 Å². The number of esters is 1. The number of anilines is 1. The molecular weight excluding hydrogens is 434 g/mol. The van der Waals surface area contributed by atoms with Crippen LogP contribution in [0, 0.1) is 0 Å². The number of benzene rings is 2. The highest BCUT2D eigenvalue weighted by Gasteiger charge is 2.14. The number of carbonyl (C=O) groups excluding carboxylic acids is 2. The summed E-state index contributed by atoms with van der Waals surface area (Å²) in [6, 6.07) is 13.1. The molecule has 2 aromatic rings. The number of rotatable bonds is 7. The molecule has 29 heavy (non-hydrogen) atoms. The van der Waals surface area contributed by atoms with Crippen molar-refractivity contribution in [3.63, 3.8) is 0 Å². The second-order valence-electron chi connectivity index (χ2n) is 7.51. The number of aryl methyl sites for hydroxylation is 1. The summed E-state index contributed by atoms with van der Waals surface area (Å²) in [4.78, 5) is 24.2. The number of amides is 1. The van der Waals surface area contributed by atoms with Crippen LogP contribution in [0.5, 0.6) is 5.75 Å². The van der Waals surface area contributed by atoms with E-state index in [9.17, 15) is 9.59 Å². The molecule has 2 aromatic carbocycles. The Hall–Kier alpha value is -2.60. The minimum absolute atomic E-state index is 0.0956. The first-order chi connectivity index (χ1) is 13.7. The Bertz CT molecular complexity index is 900. The van der Waals surface area contributed by atoms with Gasteiger partial charge in [-0.15, -0.1) is 0 Å². The minimum atomic E-state index is -0.539. The number of methoxy groups -OCH3 is 1. The van der Waals surface area contributed by atoms with Crippen molar-refractivity contribution in [2.75, 3.05) is 12.4 Å². The minimum Gasteiger partial charge on any atom is -0.497 e. The lowest BCUT2D eigenvalue weighted by Gasteiger charge is -2.17. The van der Waals surface area contributed by atoms with Crippen LogP contribution in [0.2, 0.25) is 0 Å². The van der Waals surface area contributed by atoms with Gasteiger partial charge in [-0.05, 0) is 84.6 Å². The fourth-order valence-electron chi connectivity index (χ4n) is 2.54. The summed E-state index contributed by atoms with van der Waals surface area (Å²) in [6.07, 6.45) is 3.99. The number of carbonyl (C=O) groups is 2. The van der Waals surface area contributed by atoms with Gasteiger partial charge in [0.15, 0.2) is 0 Å². The zero-order valence-electron chi connectivity index (χ0n) is 17.1. The Balaban J connectivity index is 1.98. The smallest absolute Gasteiger partial charge is 0.331 e. The van der Waals surface area contributed by atoms with Gasteiger partial charge in [0.2, 0.25) is 5.91 Å². The van der Waals surface area contributed by atoms with Gasteiger partial charge in [-0.1, -0.05) is 18.2 Å². The van der Waals surface area contributed by atoms with E-state index in [1.54, 1.807) is 19.3 Å². The lowest BCUT2D eigenvalue weighted by Crippen LogP contribution is -2.22. The van der Waals surface area contributed by atoms with Gasteiger partial charge in [-0.2, -0.15) is 0 Å². The largest absolute Gasteiger partial charge is 0.497 e. The topological polar surface area (TPSA) is 64.6 Å². The highest BCUT2D eigenvalue weighted by atomic mass is 79.9. The van der Waals surface area contributed by atoms with Crippen molar-refractivity contribution in [1.82, 2.24) is 0 Å². The molecule has 0 fully saturated rings. The van der Waals surface area contributed by atoms with Crippen LogP contribution in [0.15, 0.2) is 53.0 Å². The van der Waals surface area contributed by atoms with Crippen molar-refractivity contribution in [2.24, 2.45) is 0 Å². The third-order valence-corrected chi connectivity index (χ3v) is 4.55. The second-order valence-corrected chi connectivity index (χ2v) is 8.36. The van der Waals surface area contributed by atoms with Crippen LogP contribution in [0.25, 0.3) is 6.08 Å². The van der Waals surface area contributed by atoms with Gasteiger partial charge < -0.3 is 14.8 Å². The molecule has 6 heteroatoms. The monoisotopic (exact) mass is 459 g/mol. The predicted molar refractivity (Wildman–Crippen MR) is 119 cm³/mol. The summed E-state index contributed by atoms with van der Waals surface area (Å²) in [5, 5.41) is 2.91. The average molecular weight is 460 g/mol. The molecule has 0 radical (unpaired) electrons. The first-order valence-corrected chi connectivity index (χ1v) is 10.1. The van der Waals surface area contributed by atoms with E-state index < -0.39 is 11.6 Å². The van der Waals surface area contributed by atoms with Crippen molar-refractivity contribution < 1.29 is 19.1 Å². The third kappa shape index (κ3) is 8.11. The number of halogens is 1. The van der Waals surface area contributed by atoms with Gasteiger partial charge in [-0.3, -0.25) is 4.79 Å². The van der Waals surface area contributed by atoms with Crippen molar-refractivity contribution in [3.8, 4) is 5.75 Å². The molecule has 0 bridgehead atoms. The molecule has 0 unspecified atom stereocenters. The summed E-state index contributed by atoms with van der Waals surface area (Å²) >= 11 is 3.45. The molecule has 0 aliphatic carbocycles. The third-order valence-electron chi connectivity index (χ3n) is 3.86. The van der Waals surface area contributed by atoms with Gasteiger partial charge in [-0.25, -0.2) is 4.79 Å². The van der Waals surface area contributed by atoms with E-state index in [-0.39, 0.29) is 5.91 Å². The lowest BCUT2D eigenvalue weighted by atomic mass is 10.1. The van der Waals surface area contributed by atoms with Crippen LogP contribution < -0.4 is 10.1 Å². The summed E-state index contributed by atoms with van der Waals surface area (Å²) in [6.45, 7) is 5.45. The maximum atomic E-state index is 12.4. The molecule has 1 N–H and O–H groups in total. The molecule has 0 aliphatic rings. The zero-order valence-corrected chi connectivity index (χ0v) is 18.7. The molecule has 0 spiro atoms. The first kappa shape index (κ1) is 22.7. The number of hydrogen-bond donors (Lipinski definition) is 1. The number of nitrogens with one attached hydrogen (secondary N) is 1. The van der Waals surface area contributed by atoms with Gasteiger partial charge in [0.25, 0.3) is 0 Å². The molecule has 1 amide bonds. The Morgan fingerprint density at radius 3 is 2.59 bits per heavy atom. The van der Waals surface area contributed by atoms with Crippen LogP contribution >= 0.6 is 15.9 Å². The molecule has 154 valence electrons. The Morgan fingerprint density at radius 1 is 1.14 bits per heavy atom. The van der Waals surface area contributed by atoms with Crippen LogP contribution in [-0.2, 0) is 20.7 Å². The van der Waals surface area contributed by atoms with E-state index in [0.717, 1.165) is 21.3 Å². The van der Waals surface area contributed by atoms with Crippen LogP contribution in [0.4, 0.5) is 5.69 Å². The van der Waals surface area contributed by atoms with E-state index in [0.29, 0.717) is 18.5 Å². The standard InChI is InChI=1S/C23H26BrNO4/c1-23(2,3)29-22(27)13-10-17-8-11-19(24)20(15-17)25-21(26)12-9-16-6-5-7-18(14-16)28-4/h5-8,10-11,13-15H,9,12H2,1-4H3,(H,25,26)/b13-10+. The maximum absolute atomic E-state index is 12.4. The quantitative estimate of drug-likeness (QED) is 0.445. The van der Waals surface area contributed by atoms with Crippen LogP contribution in [-0.4, -0.2) is 24.6 Å². The Kier molecular flexibility index (Phi) is 8.02. The van der Waals surface area contributed by atoms with Crippen LogP contribution in [0.3, 0.4) is 0 Å². The van der Waals surface area contributed by atoms with Gasteiger partial charge >= 0.3 is 5.97 Å². The SMILES string of the molecule is COc1cccc(CCC(=O)Nc2cc(/C=C/C(=O)OC(C)(C)C)ccc2Br)c1. The van der Waals surface area contributed by atoms with Crippen molar-refractivity contribution >= 4 is 39.6 Å². The van der Waals surface area contributed by atoms with E-state index in [1.165, 1.54) is 6.08 Å². The van der Waals surface area contributed by atoms with E-state index in [4.69, 9.17) is 9.47 Å². The highest BCUT2D eigenvalue weighted by molar-refractivity contribution is 9.10. The van der Waals surface area contributed by atoms with Gasteiger partial charge in [0.1, 0.15) is 11.4 Å². The van der Waals surface area contributed by atoms with E-state index in [2.05, 4.69) is 21.2 Å². The van der Waals surface area contributed by atoms with Crippen molar-refractivity contribution in [3.05, 3.63) is 64.1 Å². The Labute approximate surface area is 180 Å². The number of hydrogen-bond acceptors (Lipinski definition) is 4. The predicted octanol–water partition coefficient (Wildman–Crippen LogP) is 5.38. The normalized spacial score (nSPS) is 11.3. The van der Waals surface area contributed by atoms with Gasteiger partial charge in [0.05, 0.1) is 12.8 Å². The molecule has 0 saturated heterocycles. The first-order valence-electron chi connectivity index (χ1n) is 9.30. The summed E-state index contributed by atoms with van der Waals surface area (Å²) in [5.41, 5.74) is 1.92. The number of ether oxygens (including phenoxy) is 2. The molecule has 0 aromatic heterocycles. The zero-order chi connectivity index (χ0) is 21.4. The molecule has 0 atom stereocenters. The fourth-order valence-corrected chi connectivity index (χ4v) is 2.89. The average Bonchev–Trinajstić information content (AvgIpc) is 2.66. The van der Waals surface area contributed by atoms with Crippen molar-refractivity contribution in [2.45, 2.75) is 39.2 Å². The lowest BCUT2D eigenvalue weighted by molar-refractivity contribution is -0.148. The summed E-state index contributed by atoms with van der Waals surface area (Å²) in [7, 11) is 1.62. The molecule has 0 saturated carbocycles. The molecule has 2 rings (SSSR count). The van der Waals surface area contributed by atoms with E-state index in [1.807, 2.05) is 57.2 Å². The highest BCUT2D eigenvalue weighted by Crippen LogP contribution is 2.25. The molecular formula is C23H26BrNO4. The maximum Gasteiger partial charge on any atom is 0.331 e. The Morgan fingerprint density at radius 2 is 1.90 bits per heavy atom.